The van der Waals surface area contributed by atoms with Crippen molar-refractivity contribution in [3.63, 3.8) is 0 Å². The van der Waals surface area contributed by atoms with Crippen LogP contribution < -0.4 is 0 Å². The van der Waals surface area contributed by atoms with Crippen molar-refractivity contribution < 1.29 is 17.9 Å². The maximum atomic E-state index is 2.87. The van der Waals surface area contributed by atoms with Gasteiger partial charge in [-0.3, -0.25) is 0 Å². The van der Waals surface area contributed by atoms with Crippen LogP contribution in [0.25, 0.3) is 12.2 Å². The third-order valence-electron chi connectivity index (χ3n) is 13.2. The molecular formula is C44H71SiZr. The molecule has 0 nitrogen and oxygen atoms in total. The SMILES string of the molecule is CCC[CH2][Zr]([CH2]CCC)([CH]1C(CC)=Cc2c(C(C)C)cc(C(C)C)cc21)([CH]1C(CC)=Cc2c(C(C)C)cc(C(C)C)cc21)[SiH](C)C. The Hall–Kier alpha value is -0.980. The number of fused-ring (bicyclic) bond motifs is 2. The van der Waals surface area contributed by atoms with Crippen molar-refractivity contribution in [2.24, 2.45) is 0 Å². The molecule has 0 saturated heterocycles. The summed E-state index contributed by atoms with van der Waals surface area (Å²) in [5.41, 5.74) is 16.9. The van der Waals surface area contributed by atoms with Crippen LogP contribution in [0.3, 0.4) is 0 Å². The molecule has 4 rings (SSSR count). The second-order valence-electron chi connectivity index (χ2n) is 17.2. The molecule has 0 aromatic heterocycles. The van der Waals surface area contributed by atoms with Gasteiger partial charge in [-0.05, 0) is 0 Å². The zero-order valence-corrected chi connectivity index (χ0v) is 36.3. The molecule has 0 N–H and O–H groups in total. The number of hydrogen-bond donors (Lipinski definition) is 0. The summed E-state index contributed by atoms with van der Waals surface area (Å²) in [6.07, 6.45) is 13.4. The Bertz CT molecular complexity index is 1340. The number of rotatable bonds is 15. The van der Waals surface area contributed by atoms with E-state index in [2.05, 4.69) is 133 Å². The first-order valence-electron chi connectivity index (χ1n) is 19.7. The molecular weight excluding hydrogens is 648 g/mol. The average Bonchev–Trinajstić information content (AvgIpc) is 3.59. The number of unbranched alkanes of at least 4 members (excludes halogenated alkanes) is 2. The number of benzene rings is 2. The van der Waals surface area contributed by atoms with Crippen LogP contribution in [0.5, 0.6) is 0 Å². The van der Waals surface area contributed by atoms with E-state index in [-0.39, 0.29) is 0 Å². The molecule has 0 saturated carbocycles. The topological polar surface area (TPSA) is 0 Å². The molecule has 2 aromatic carbocycles. The van der Waals surface area contributed by atoms with Gasteiger partial charge < -0.3 is 0 Å². The third-order valence-corrected chi connectivity index (χ3v) is 63.8. The first-order chi connectivity index (χ1) is 21.7. The van der Waals surface area contributed by atoms with Crippen molar-refractivity contribution in [3.05, 3.63) is 79.9 Å². The fourth-order valence-corrected chi connectivity index (χ4v) is 59.9. The third kappa shape index (κ3) is 6.16. The molecule has 0 radical (unpaired) electrons. The van der Waals surface area contributed by atoms with E-state index in [1.807, 2.05) is 11.1 Å². The van der Waals surface area contributed by atoms with Gasteiger partial charge in [0.25, 0.3) is 0 Å². The van der Waals surface area contributed by atoms with Gasteiger partial charge in [-0.2, -0.15) is 0 Å². The number of hydrogen-bond acceptors (Lipinski definition) is 0. The van der Waals surface area contributed by atoms with Gasteiger partial charge in [0.2, 0.25) is 0 Å². The van der Waals surface area contributed by atoms with Crippen molar-refractivity contribution in [2.45, 2.75) is 174 Å². The van der Waals surface area contributed by atoms with Crippen LogP contribution in [0.15, 0.2) is 35.4 Å². The molecule has 2 aliphatic carbocycles. The summed E-state index contributed by atoms with van der Waals surface area (Å²) in [5.74, 6) is 1.02. The minimum absolute atomic E-state index is 0.546. The maximum absolute atomic E-state index is 3.94. The van der Waals surface area contributed by atoms with Gasteiger partial charge >= 0.3 is 290 Å². The first-order valence-corrected chi connectivity index (χ1v) is 33.1. The molecule has 0 amide bonds. The van der Waals surface area contributed by atoms with Crippen LogP contribution in [-0.2, 0) is 17.9 Å². The fraction of sp³-hybridized carbons (Fsp3) is 0.636. The molecule has 2 atom stereocenters. The van der Waals surface area contributed by atoms with E-state index < -0.39 is 23.9 Å². The summed E-state index contributed by atoms with van der Waals surface area (Å²) in [7, 11) is 0. The molecule has 2 aromatic rings. The quantitative estimate of drug-likeness (QED) is 0.161. The Morgan fingerprint density at radius 3 is 1.20 bits per heavy atom. The van der Waals surface area contributed by atoms with Crippen molar-refractivity contribution in [2.75, 3.05) is 0 Å². The van der Waals surface area contributed by atoms with Gasteiger partial charge in [0.15, 0.2) is 0 Å². The van der Waals surface area contributed by atoms with Gasteiger partial charge in [-0.15, -0.1) is 0 Å². The molecule has 0 heterocycles. The summed E-state index contributed by atoms with van der Waals surface area (Å²) in [6.45, 7) is 35.2. The van der Waals surface area contributed by atoms with Crippen molar-refractivity contribution in [1.29, 1.82) is 0 Å². The van der Waals surface area contributed by atoms with E-state index in [0.717, 1.165) is 0 Å². The van der Waals surface area contributed by atoms with E-state index >= 15 is 0 Å². The molecule has 2 aliphatic rings. The molecule has 0 spiro atoms. The van der Waals surface area contributed by atoms with E-state index in [0.29, 0.717) is 30.9 Å². The Morgan fingerprint density at radius 2 is 0.935 bits per heavy atom. The number of allylic oxidation sites excluding steroid dienone is 2. The van der Waals surface area contributed by atoms with Gasteiger partial charge in [-0.1, -0.05) is 0 Å². The van der Waals surface area contributed by atoms with E-state index in [1.165, 1.54) is 38.5 Å². The zero-order chi connectivity index (χ0) is 34.2. The summed E-state index contributed by atoms with van der Waals surface area (Å²) >= 11 is -3.94. The van der Waals surface area contributed by atoms with Crippen LogP contribution in [0, 0.1) is 0 Å². The summed E-state index contributed by atoms with van der Waals surface area (Å²) < 4.78 is 4.49. The van der Waals surface area contributed by atoms with Crippen LogP contribution in [0.2, 0.25) is 21.4 Å². The van der Waals surface area contributed by atoms with Crippen molar-refractivity contribution >= 4 is 18.1 Å². The molecule has 0 fully saturated rings. The van der Waals surface area contributed by atoms with Gasteiger partial charge in [0.1, 0.15) is 0 Å². The predicted octanol–water partition coefficient (Wildman–Crippen LogP) is 14.7. The van der Waals surface area contributed by atoms with Crippen LogP contribution >= 0.6 is 0 Å². The van der Waals surface area contributed by atoms with E-state index in [9.17, 15) is 0 Å². The van der Waals surface area contributed by atoms with E-state index in [4.69, 9.17) is 0 Å². The standard InChI is InChI=1S/2C17H23.2C4H9.C2H7Si.Zr/c2*1-6-13-7-15-9-14(11(2)3)10-16(12(4)5)17(15)8-13;2*1-3-4-2;1-3-2;/h2*7-12H,6H2,1-5H3;2*1,3-4H2,2H3;3H,1-2H3;. The summed E-state index contributed by atoms with van der Waals surface area (Å²) in [4.78, 5) is 0. The second-order valence-corrected chi connectivity index (χ2v) is 51.8. The molecule has 46 heavy (non-hydrogen) atoms. The Balaban J connectivity index is 2.26. The first kappa shape index (κ1) is 37.8. The molecule has 2 heteroatoms. The normalized spacial score (nSPS) is 18.9. The molecule has 2 unspecified atom stereocenters. The Labute approximate surface area is 288 Å². The predicted molar refractivity (Wildman–Crippen MR) is 210 cm³/mol. The average molecular weight is 719 g/mol. The van der Waals surface area contributed by atoms with Crippen molar-refractivity contribution in [3.8, 4) is 0 Å². The molecule has 0 aliphatic heterocycles. The zero-order valence-electron chi connectivity index (χ0n) is 32.7. The van der Waals surface area contributed by atoms with Gasteiger partial charge in [0, 0.05) is 0 Å². The van der Waals surface area contributed by atoms with Crippen LogP contribution in [0.4, 0.5) is 0 Å². The summed E-state index contributed by atoms with van der Waals surface area (Å²) in [5, 5.41) is 0. The van der Waals surface area contributed by atoms with Gasteiger partial charge in [-0.25, -0.2) is 0 Å². The Kier molecular flexibility index (Phi) is 12.2. The molecule has 0 bridgehead atoms. The van der Waals surface area contributed by atoms with Crippen LogP contribution in [0.1, 0.15) is 197 Å². The van der Waals surface area contributed by atoms with Gasteiger partial charge in [0.05, 0.1) is 0 Å². The molecule has 255 valence electrons. The fourth-order valence-electron chi connectivity index (χ4n) is 10.5. The summed E-state index contributed by atoms with van der Waals surface area (Å²) in [6, 6.07) is 10.7. The van der Waals surface area contributed by atoms with Crippen molar-refractivity contribution in [1.82, 2.24) is 0 Å². The van der Waals surface area contributed by atoms with E-state index in [1.54, 1.807) is 52.8 Å². The Morgan fingerprint density at radius 1 is 0.565 bits per heavy atom. The van der Waals surface area contributed by atoms with Crippen LogP contribution in [-0.4, -0.2) is 5.92 Å². The monoisotopic (exact) mass is 717 g/mol. The minimum atomic E-state index is -3.94. The second kappa shape index (κ2) is 14.9.